The van der Waals surface area contributed by atoms with Gasteiger partial charge in [0, 0.05) is 0 Å². The topological polar surface area (TPSA) is 0 Å². The summed E-state index contributed by atoms with van der Waals surface area (Å²) in [5, 5.41) is 1.07. The van der Waals surface area contributed by atoms with E-state index in [1.165, 1.54) is 22.3 Å². The third-order valence-electron chi connectivity index (χ3n) is 3.97. The fourth-order valence-corrected chi connectivity index (χ4v) is 16.2. The SMILES string of the molecule is C[Si](C)P(C(C)(C)C)C(C)(C)C.Cc1[cH-]c(C)c(C)c1C.[Cl-].[Cr+2]. The summed E-state index contributed by atoms with van der Waals surface area (Å²) in [4.78, 5) is 0. The van der Waals surface area contributed by atoms with Crippen molar-refractivity contribution in [2.75, 3.05) is 0 Å². The first kappa shape index (κ1) is 28.6. The second-order valence-corrected chi connectivity index (χ2v) is 17.7. The standard InChI is InChI=1S/C10H24PSi.C9H13.ClH.Cr/c1-9(2,3)11(12(7)8)10(4,5)6;1-6-5-7(2)9(4)8(6)3;;/h1-8H3;5H,1-4H3;1H;/q;-1;;+2/p-1. The van der Waals surface area contributed by atoms with Gasteiger partial charge in [0.05, 0.1) is 8.46 Å². The molecule has 135 valence electrons. The molecule has 0 spiro atoms. The Labute approximate surface area is 166 Å². The van der Waals surface area contributed by atoms with Crippen LogP contribution in [0.15, 0.2) is 6.07 Å². The van der Waals surface area contributed by atoms with Gasteiger partial charge in [0.25, 0.3) is 0 Å². The van der Waals surface area contributed by atoms with Gasteiger partial charge in [0.2, 0.25) is 0 Å². The van der Waals surface area contributed by atoms with Crippen LogP contribution in [0.1, 0.15) is 63.8 Å². The minimum Gasteiger partial charge on any atom is -1.00 e. The minimum atomic E-state index is -0.123. The van der Waals surface area contributed by atoms with Gasteiger partial charge in [-0.3, -0.25) is 0 Å². The molecule has 0 unspecified atom stereocenters. The van der Waals surface area contributed by atoms with Gasteiger partial charge < -0.3 is 12.4 Å². The fraction of sp³-hybridized carbons (Fsp3) is 0.737. The molecule has 4 heteroatoms. The average molecular weight is 412 g/mol. The predicted octanol–water partition coefficient (Wildman–Crippen LogP) is 3.96. The maximum absolute atomic E-state index is 2.47. The Kier molecular flexibility index (Phi) is 13.3. The van der Waals surface area contributed by atoms with Gasteiger partial charge in [-0.25, -0.2) is 0 Å². The largest absolute Gasteiger partial charge is 2.00 e. The first-order chi connectivity index (χ1) is 9.19. The Balaban J connectivity index is -0.000000329. The molecule has 0 nitrogen and oxygen atoms in total. The molecule has 1 rings (SSSR count). The molecular formula is C19H37ClCrPSi. The third kappa shape index (κ3) is 9.18. The van der Waals surface area contributed by atoms with Gasteiger partial charge >= 0.3 is 17.4 Å². The van der Waals surface area contributed by atoms with Crippen molar-refractivity contribution in [1.82, 2.24) is 0 Å². The van der Waals surface area contributed by atoms with Gasteiger partial charge in [-0.1, -0.05) is 82.3 Å². The molecule has 0 bridgehead atoms. The zero-order valence-electron chi connectivity index (χ0n) is 17.3. The first-order valence-corrected chi connectivity index (χ1v) is 12.7. The molecule has 0 saturated heterocycles. The van der Waals surface area contributed by atoms with Gasteiger partial charge in [-0.15, -0.1) is 7.47 Å². The zero-order chi connectivity index (χ0) is 17.2. The number of hydrogen-bond donors (Lipinski definition) is 0. The minimum absolute atomic E-state index is 0. The van der Waals surface area contributed by atoms with Gasteiger partial charge in [0.1, 0.15) is 0 Å². The molecule has 0 heterocycles. The quantitative estimate of drug-likeness (QED) is 0.373. The van der Waals surface area contributed by atoms with Crippen LogP contribution in [0, 0.1) is 27.7 Å². The Morgan fingerprint density at radius 3 is 1.04 bits per heavy atom. The molecule has 1 aromatic carbocycles. The van der Waals surface area contributed by atoms with Crippen molar-refractivity contribution in [3.8, 4) is 0 Å². The van der Waals surface area contributed by atoms with Crippen molar-refractivity contribution >= 4 is 15.9 Å². The van der Waals surface area contributed by atoms with Crippen LogP contribution in [0.4, 0.5) is 0 Å². The van der Waals surface area contributed by atoms with Gasteiger partial charge in [-0.05, 0) is 10.3 Å². The summed E-state index contributed by atoms with van der Waals surface area (Å²) < 4.78 is 0. The van der Waals surface area contributed by atoms with Gasteiger partial charge in [0.15, 0.2) is 0 Å². The van der Waals surface area contributed by atoms with E-state index in [1.807, 2.05) is 0 Å². The Morgan fingerprint density at radius 1 is 0.739 bits per heavy atom. The molecule has 0 aliphatic rings. The fourth-order valence-electron chi connectivity index (χ4n) is 3.48. The molecule has 0 N–H and O–H groups in total. The van der Waals surface area contributed by atoms with Crippen LogP contribution in [0.25, 0.3) is 0 Å². The first-order valence-electron chi connectivity index (χ1n) is 8.00. The summed E-state index contributed by atoms with van der Waals surface area (Å²) in [6.45, 7) is 28.0. The van der Waals surface area contributed by atoms with Crippen molar-refractivity contribution in [2.24, 2.45) is 0 Å². The Hall–Kier alpha value is 0.819. The Bertz CT molecular complexity index is 417. The molecule has 0 aliphatic heterocycles. The Morgan fingerprint density at radius 2 is 1.00 bits per heavy atom. The molecular weight excluding hydrogens is 375 g/mol. The van der Waals surface area contributed by atoms with E-state index in [1.54, 1.807) is 0 Å². The predicted molar refractivity (Wildman–Crippen MR) is 105 cm³/mol. The van der Waals surface area contributed by atoms with Crippen LogP contribution >= 0.6 is 7.47 Å². The van der Waals surface area contributed by atoms with E-state index in [0.717, 1.165) is 0 Å². The molecule has 0 aromatic heterocycles. The monoisotopic (exact) mass is 411 g/mol. The summed E-state index contributed by atoms with van der Waals surface area (Å²) in [5.41, 5.74) is 5.75. The number of aryl methyl sites for hydroxylation is 2. The van der Waals surface area contributed by atoms with E-state index in [4.69, 9.17) is 0 Å². The summed E-state index contributed by atoms with van der Waals surface area (Å²) in [6, 6.07) is 2.24. The summed E-state index contributed by atoms with van der Waals surface area (Å²) in [7, 11) is 0.0772. The van der Waals surface area contributed by atoms with Crippen molar-refractivity contribution in [3.63, 3.8) is 0 Å². The smallest absolute Gasteiger partial charge is 1.00 e. The van der Waals surface area contributed by atoms with Gasteiger partial charge in [-0.2, -0.15) is 28.3 Å². The second kappa shape index (κ2) is 10.7. The van der Waals surface area contributed by atoms with Crippen molar-refractivity contribution in [1.29, 1.82) is 0 Å². The van der Waals surface area contributed by atoms with E-state index in [0.29, 0.717) is 10.3 Å². The summed E-state index contributed by atoms with van der Waals surface area (Å²) >= 11 is 0. The van der Waals surface area contributed by atoms with Crippen LogP contribution in [-0.2, 0) is 17.4 Å². The summed E-state index contributed by atoms with van der Waals surface area (Å²) in [6.07, 6.45) is 0. The molecule has 0 fully saturated rings. The van der Waals surface area contributed by atoms with Crippen LogP contribution in [-0.4, -0.2) is 18.8 Å². The maximum Gasteiger partial charge on any atom is 2.00 e. The van der Waals surface area contributed by atoms with Crippen molar-refractivity contribution < 1.29 is 29.8 Å². The van der Waals surface area contributed by atoms with E-state index in [2.05, 4.69) is 88.4 Å². The van der Waals surface area contributed by atoms with Crippen LogP contribution in [0.5, 0.6) is 0 Å². The molecule has 0 aliphatic carbocycles. The molecule has 1 aromatic rings. The van der Waals surface area contributed by atoms with Crippen LogP contribution in [0.2, 0.25) is 13.1 Å². The second-order valence-electron chi connectivity index (χ2n) is 8.38. The summed E-state index contributed by atoms with van der Waals surface area (Å²) in [5.74, 6) is 0. The average Bonchev–Trinajstić information content (AvgIpc) is 2.41. The molecule has 0 saturated carbocycles. The van der Waals surface area contributed by atoms with E-state index in [9.17, 15) is 0 Å². The third-order valence-corrected chi connectivity index (χ3v) is 14.3. The molecule has 0 atom stereocenters. The van der Waals surface area contributed by atoms with E-state index >= 15 is 0 Å². The maximum atomic E-state index is 2.47. The van der Waals surface area contributed by atoms with Crippen molar-refractivity contribution in [2.45, 2.75) is 92.6 Å². The molecule has 0 amide bonds. The van der Waals surface area contributed by atoms with Crippen LogP contribution < -0.4 is 12.4 Å². The van der Waals surface area contributed by atoms with Crippen molar-refractivity contribution in [3.05, 3.63) is 28.3 Å². The number of hydrogen-bond acceptors (Lipinski definition) is 0. The van der Waals surface area contributed by atoms with Crippen LogP contribution in [0.3, 0.4) is 0 Å². The number of halogens is 1. The number of rotatable bonds is 1. The zero-order valence-corrected chi connectivity index (χ0v) is 21.2. The molecule has 1 radical (unpaired) electrons. The van der Waals surface area contributed by atoms with E-state index < -0.39 is 0 Å². The molecule has 23 heavy (non-hydrogen) atoms. The van der Waals surface area contributed by atoms with E-state index in [-0.39, 0.29) is 45.7 Å². The normalized spacial score (nSPS) is 11.6.